The summed E-state index contributed by atoms with van der Waals surface area (Å²) in [7, 11) is -17.8. The van der Waals surface area contributed by atoms with Gasteiger partial charge in [-0.1, -0.05) is 0 Å². The summed E-state index contributed by atoms with van der Waals surface area (Å²) in [6.07, 6.45) is -4.14. The van der Waals surface area contributed by atoms with E-state index in [1.165, 1.54) is 0 Å². The highest BCUT2D eigenvalue weighted by atomic mass is 32.2. The molecular formula is C18H27F3N4O13S4. The lowest BCUT2D eigenvalue weighted by Crippen LogP contribution is -2.50. The molecule has 1 aromatic rings. The van der Waals surface area contributed by atoms with E-state index in [2.05, 4.69) is 8.37 Å². The van der Waals surface area contributed by atoms with Crippen molar-refractivity contribution in [2.24, 2.45) is 0 Å². The molecule has 0 atom stereocenters. The summed E-state index contributed by atoms with van der Waals surface area (Å²) in [5.74, 6) is -0.852. The summed E-state index contributed by atoms with van der Waals surface area (Å²) in [6, 6.07) is 0.437. The third kappa shape index (κ3) is 10.8. The van der Waals surface area contributed by atoms with Crippen LogP contribution in [-0.4, -0.2) is 123 Å². The highest BCUT2D eigenvalue weighted by molar-refractivity contribution is 7.89. The standard InChI is InChI=1S/C18H27F3N4O13S4/c1-39(28,29)37-9-7-23(8-10-38-40(2,30)31)17-15(18(19,20)21)11-14(25(26)27)12-16(17)42(35,36)24-5-3-22(4-6-24)13-41(32,33)34/h11-12H,3-10,13H2,1-2H3,(H,32,33,34). The van der Waals surface area contributed by atoms with Crippen molar-refractivity contribution in [3.05, 3.63) is 27.8 Å². The minimum absolute atomic E-state index is 0.0697. The van der Waals surface area contributed by atoms with Crippen LogP contribution in [0.4, 0.5) is 24.5 Å². The van der Waals surface area contributed by atoms with Gasteiger partial charge in [0.05, 0.1) is 41.9 Å². The molecule has 0 saturated carbocycles. The smallest absolute Gasteiger partial charge is 0.365 e. The molecular weight excluding hydrogens is 665 g/mol. The van der Waals surface area contributed by atoms with Crippen LogP contribution in [0, 0.1) is 10.1 Å². The number of non-ortho nitro benzene ring substituents is 1. The first-order valence-electron chi connectivity index (χ1n) is 11.4. The second-order valence-electron chi connectivity index (χ2n) is 8.87. The minimum atomic E-state index is -5.41. The van der Waals surface area contributed by atoms with Gasteiger partial charge in [-0.3, -0.25) is 27.9 Å². The average Bonchev–Trinajstić information content (AvgIpc) is 2.79. The molecule has 1 N–H and O–H groups in total. The normalized spacial score (nSPS) is 16.4. The predicted molar refractivity (Wildman–Crippen MR) is 139 cm³/mol. The number of rotatable bonds is 14. The Morgan fingerprint density at radius 3 is 1.79 bits per heavy atom. The van der Waals surface area contributed by atoms with E-state index < -0.39 is 119 Å². The lowest BCUT2D eigenvalue weighted by atomic mass is 10.1. The Morgan fingerprint density at radius 1 is 0.929 bits per heavy atom. The number of anilines is 1. The summed E-state index contributed by atoms with van der Waals surface area (Å²) < 4.78 is 157. The van der Waals surface area contributed by atoms with Gasteiger partial charge in [-0.05, 0) is 0 Å². The van der Waals surface area contributed by atoms with Gasteiger partial charge in [-0.2, -0.15) is 42.7 Å². The molecule has 0 bridgehead atoms. The SMILES string of the molecule is CS(=O)(=O)OCCN(CCOS(C)(=O)=O)c1c(C(F)(F)F)cc([N+](=O)[O-])cc1S(=O)(=O)N1CCN(CS(=O)(=O)O)CC1. The number of alkyl halides is 3. The van der Waals surface area contributed by atoms with Crippen LogP contribution in [0.5, 0.6) is 0 Å². The molecule has 0 radical (unpaired) electrons. The molecule has 242 valence electrons. The summed E-state index contributed by atoms with van der Waals surface area (Å²) >= 11 is 0. The molecule has 24 heteroatoms. The first kappa shape index (κ1) is 36.0. The molecule has 2 rings (SSSR count). The van der Waals surface area contributed by atoms with Crippen LogP contribution in [-0.2, 0) is 54.9 Å². The molecule has 17 nitrogen and oxygen atoms in total. The molecule has 1 heterocycles. The molecule has 0 spiro atoms. The van der Waals surface area contributed by atoms with Gasteiger partial charge in [-0.25, -0.2) is 8.42 Å². The van der Waals surface area contributed by atoms with Crippen LogP contribution in [0.3, 0.4) is 0 Å². The molecule has 0 aliphatic carbocycles. The average molecular weight is 693 g/mol. The molecule has 1 aliphatic rings. The van der Waals surface area contributed by atoms with Gasteiger partial charge in [0, 0.05) is 51.4 Å². The fraction of sp³-hybridized carbons (Fsp3) is 0.667. The number of benzene rings is 1. The van der Waals surface area contributed by atoms with E-state index >= 15 is 0 Å². The van der Waals surface area contributed by atoms with Crippen molar-refractivity contribution in [3.63, 3.8) is 0 Å². The molecule has 42 heavy (non-hydrogen) atoms. The summed E-state index contributed by atoms with van der Waals surface area (Å²) in [5.41, 5.74) is -4.23. The summed E-state index contributed by atoms with van der Waals surface area (Å²) in [6.45, 7) is -4.77. The zero-order valence-electron chi connectivity index (χ0n) is 21.9. The third-order valence-electron chi connectivity index (χ3n) is 5.50. The van der Waals surface area contributed by atoms with Crippen molar-refractivity contribution in [2.45, 2.75) is 11.1 Å². The van der Waals surface area contributed by atoms with Crippen LogP contribution in [0.1, 0.15) is 5.56 Å². The molecule has 1 fully saturated rings. The number of hydrogen-bond acceptors (Lipinski definition) is 14. The molecule has 1 saturated heterocycles. The Morgan fingerprint density at radius 2 is 1.40 bits per heavy atom. The number of nitro benzene ring substituents is 1. The van der Waals surface area contributed by atoms with Gasteiger partial charge in [0.15, 0.2) is 0 Å². The Kier molecular flexibility index (Phi) is 11.3. The number of hydrogen-bond donors (Lipinski definition) is 1. The first-order valence-corrected chi connectivity index (χ1v) is 18.1. The molecule has 0 amide bonds. The van der Waals surface area contributed by atoms with Crippen LogP contribution in [0.25, 0.3) is 0 Å². The Hall–Kier alpha value is -2.19. The Labute approximate surface area is 240 Å². The number of piperazine rings is 1. The maximum atomic E-state index is 14.3. The highest BCUT2D eigenvalue weighted by Gasteiger charge is 2.42. The lowest BCUT2D eigenvalue weighted by Gasteiger charge is -2.35. The highest BCUT2D eigenvalue weighted by Crippen LogP contribution is 2.43. The van der Waals surface area contributed by atoms with E-state index in [0.29, 0.717) is 27.8 Å². The van der Waals surface area contributed by atoms with E-state index in [9.17, 15) is 57.0 Å². The number of sulfonamides is 1. The van der Waals surface area contributed by atoms with Crippen LogP contribution in [0.2, 0.25) is 0 Å². The largest absolute Gasteiger partial charge is 0.418 e. The number of halogens is 3. The zero-order chi connectivity index (χ0) is 32.3. The summed E-state index contributed by atoms with van der Waals surface area (Å²) in [5, 5.41) is 11.5. The van der Waals surface area contributed by atoms with Gasteiger partial charge in [0.1, 0.15) is 10.8 Å². The monoisotopic (exact) mass is 692 g/mol. The van der Waals surface area contributed by atoms with Gasteiger partial charge >= 0.3 is 6.18 Å². The van der Waals surface area contributed by atoms with Crippen molar-refractivity contribution in [1.29, 1.82) is 0 Å². The minimum Gasteiger partial charge on any atom is -0.365 e. The van der Waals surface area contributed by atoms with Crippen LogP contribution >= 0.6 is 0 Å². The van der Waals surface area contributed by atoms with E-state index in [0.717, 1.165) is 4.90 Å². The summed E-state index contributed by atoms with van der Waals surface area (Å²) in [4.78, 5) is 10.8. The molecule has 0 unspecified atom stereocenters. The quantitative estimate of drug-likeness (QED) is 0.112. The predicted octanol–water partition coefficient (Wildman–Crippen LogP) is -0.476. The maximum Gasteiger partial charge on any atom is 0.418 e. The Balaban J connectivity index is 2.72. The number of nitro groups is 1. The van der Waals surface area contributed by atoms with Crippen molar-refractivity contribution in [2.75, 3.05) is 75.8 Å². The van der Waals surface area contributed by atoms with Crippen LogP contribution in [0.15, 0.2) is 17.0 Å². The van der Waals surface area contributed by atoms with Crippen molar-refractivity contribution < 1.29 is 64.7 Å². The maximum absolute atomic E-state index is 14.3. The van der Waals surface area contributed by atoms with Gasteiger partial charge in [0.25, 0.3) is 36.0 Å². The first-order chi connectivity index (χ1) is 18.9. The topological polar surface area (TPSA) is 228 Å². The second-order valence-corrected chi connectivity index (χ2v) is 15.5. The van der Waals surface area contributed by atoms with Gasteiger partial charge < -0.3 is 4.90 Å². The third-order valence-corrected chi connectivity index (χ3v) is 9.30. The lowest BCUT2D eigenvalue weighted by molar-refractivity contribution is -0.385. The zero-order valence-corrected chi connectivity index (χ0v) is 25.2. The fourth-order valence-electron chi connectivity index (χ4n) is 3.84. The van der Waals surface area contributed by atoms with E-state index in [-0.39, 0.29) is 19.2 Å². The van der Waals surface area contributed by atoms with Crippen molar-refractivity contribution in [1.82, 2.24) is 9.21 Å². The van der Waals surface area contributed by atoms with E-state index in [1.807, 2.05) is 0 Å². The van der Waals surface area contributed by atoms with E-state index in [1.54, 1.807) is 0 Å². The van der Waals surface area contributed by atoms with Crippen LogP contribution < -0.4 is 4.90 Å². The number of nitrogens with zero attached hydrogens (tertiary/aromatic N) is 4. The molecule has 0 aromatic heterocycles. The van der Waals surface area contributed by atoms with Gasteiger partial charge in [-0.15, -0.1) is 0 Å². The van der Waals surface area contributed by atoms with Crippen molar-refractivity contribution in [3.8, 4) is 0 Å². The molecule has 1 aliphatic heterocycles. The Bertz CT molecular complexity index is 1550. The van der Waals surface area contributed by atoms with E-state index in [4.69, 9.17) is 4.55 Å². The fourth-order valence-corrected chi connectivity index (χ4v) is 6.99. The van der Waals surface area contributed by atoms with Crippen molar-refractivity contribution >= 4 is 51.8 Å². The molecule has 1 aromatic carbocycles. The van der Waals surface area contributed by atoms with Gasteiger partial charge in [0.2, 0.25) is 10.0 Å². The second kappa shape index (κ2) is 13.2.